The van der Waals surface area contributed by atoms with Crippen LogP contribution in [-0.4, -0.2) is 19.0 Å². The average Bonchev–Trinajstić information content (AvgIpc) is 2.54. The summed E-state index contributed by atoms with van der Waals surface area (Å²) in [4.78, 5) is 11.8. The predicted octanol–water partition coefficient (Wildman–Crippen LogP) is 3.48. The van der Waals surface area contributed by atoms with Crippen LogP contribution in [0, 0.1) is 6.92 Å². The summed E-state index contributed by atoms with van der Waals surface area (Å²) in [7, 11) is 0. The van der Waals surface area contributed by atoms with E-state index in [4.69, 9.17) is 0 Å². The molecule has 0 spiro atoms. The molecule has 1 amide bonds. The van der Waals surface area contributed by atoms with Crippen molar-refractivity contribution in [1.82, 2.24) is 10.6 Å². The summed E-state index contributed by atoms with van der Waals surface area (Å²) in [6, 6.07) is 8.34. The van der Waals surface area contributed by atoms with Crippen LogP contribution in [0.2, 0.25) is 0 Å². The van der Waals surface area contributed by atoms with Gasteiger partial charge in [-0.2, -0.15) is 0 Å². The number of benzene rings is 1. The van der Waals surface area contributed by atoms with Gasteiger partial charge < -0.3 is 10.6 Å². The van der Waals surface area contributed by atoms with E-state index >= 15 is 0 Å². The average molecular weight is 300 g/mol. The maximum Gasteiger partial charge on any atom is 0.221 e. The monoisotopic (exact) mass is 300 g/mol. The zero-order chi connectivity index (χ0) is 15.6. The highest BCUT2D eigenvalue weighted by atomic mass is 16.1. The molecule has 0 aliphatic heterocycles. The Morgan fingerprint density at radius 3 is 2.82 bits per heavy atom. The molecule has 0 fully saturated rings. The lowest BCUT2D eigenvalue weighted by molar-refractivity contribution is -0.120. The minimum atomic E-state index is 0.147. The topological polar surface area (TPSA) is 41.1 Å². The molecule has 0 saturated heterocycles. The largest absolute Gasteiger partial charge is 0.356 e. The van der Waals surface area contributed by atoms with Crippen LogP contribution < -0.4 is 10.6 Å². The van der Waals surface area contributed by atoms with Crippen LogP contribution in [0.5, 0.6) is 0 Å². The Morgan fingerprint density at radius 1 is 1.18 bits per heavy atom. The normalized spacial score (nSPS) is 14.5. The number of nitrogens with one attached hydrogen (secondary N) is 2. The second-order valence-electron chi connectivity index (χ2n) is 6.06. The first kappa shape index (κ1) is 16.8. The summed E-state index contributed by atoms with van der Waals surface area (Å²) in [6.07, 6.45) is 8.97. The molecular weight excluding hydrogens is 272 g/mol. The lowest BCUT2D eigenvalue weighted by atomic mass is 9.97. The molecule has 0 saturated carbocycles. The van der Waals surface area contributed by atoms with Crippen molar-refractivity contribution in [3.63, 3.8) is 0 Å². The Morgan fingerprint density at radius 2 is 2.05 bits per heavy atom. The Labute approximate surface area is 134 Å². The van der Waals surface area contributed by atoms with Gasteiger partial charge in [0, 0.05) is 26.1 Å². The van der Waals surface area contributed by atoms with Crippen molar-refractivity contribution in [2.45, 2.75) is 52.0 Å². The first-order chi connectivity index (χ1) is 10.8. The van der Waals surface area contributed by atoms with Crippen LogP contribution in [0.15, 0.2) is 35.9 Å². The summed E-state index contributed by atoms with van der Waals surface area (Å²) in [6.45, 7) is 4.45. The molecule has 1 aliphatic rings. The molecule has 2 rings (SSSR count). The summed E-state index contributed by atoms with van der Waals surface area (Å²) >= 11 is 0. The highest BCUT2D eigenvalue weighted by Gasteiger charge is 2.05. The van der Waals surface area contributed by atoms with Crippen LogP contribution in [0.1, 0.15) is 49.7 Å². The van der Waals surface area contributed by atoms with E-state index < -0.39 is 0 Å². The van der Waals surface area contributed by atoms with Crippen molar-refractivity contribution in [3.05, 3.63) is 47.0 Å². The number of hydrogen-bond donors (Lipinski definition) is 2. The van der Waals surface area contributed by atoms with Crippen LogP contribution >= 0.6 is 0 Å². The minimum Gasteiger partial charge on any atom is -0.356 e. The summed E-state index contributed by atoms with van der Waals surface area (Å²) in [5.41, 5.74) is 4.11. The van der Waals surface area contributed by atoms with Gasteiger partial charge in [0.15, 0.2) is 0 Å². The van der Waals surface area contributed by atoms with Gasteiger partial charge in [-0.05, 0) is 50.2 Å². The van der Waals surface area contributed by atoms with E-state index in [9.17, 15) is 4.79 Å². The van der Waals surface area contributed by atoms with Gasteiger partial charge in [-0.25, -0.2) is 0 Å². The van der Waals surface area contributed by atoms with Crippen molar-refractivity contribution >= 4 is 5.91 Å². The minimum absolute atomic E-state index is 0.147. The van der Waals surface area contributed by atoms with Gasteiger partial charge in [-0.15, -0.1) is 0 Å². The van der Waals surface area contributed by atoms with Crippen molar-refractivity contribution in [2.75, 3.05) is 13.1 Å². The second-order valence-corrected chi connectivity index (χ2v) is 6.06. The van der Waals surface area contributed by atoms with Crippen LogP contribution in [0.3, 0.4) is 0 Å². The Kier molecular flexibility index (Phi) is 7.17. The molecule has 1 aliphatic carbocycles. The molecule has 0 aromatic heterocycles. The van der Waals surface area contributed by atoms with Gasteiger partial charge >= 0.3 is 0 Å². The smallest absolute Gasteiger partial charge is 0.221 e. The molecule has 2 N–H and O–H groups in total. The lowest BCUT2D eigenvalue weighted by Gasteiger charge is -2.13. The number of carbonyl (C=O) groups is 1. The highest BCUT2D eigenvalue weighted by molar-refractivity contribution is 5.76. The van der Waals surface area contributed by atoms with Crippen LogP contribution in [0.25, 0.3) is 0 Å². The van der Waals surface area contributed by atoms with E-state index in [1.807, 2.05) is 6.07 Å². The van der Waals surface area contributed by atoms with Gasteiger partial charge in [0.1, 0.15) is 0 Å². The summed E-state index contributed by atoms with van der Waals surface area (Å²) in [5, 5.41) is 6.36. The quantitative estimate of drug-likeness (QED) is 0.570. The molecule has 22 heavy (non-hydrogen) atoms. The molecule has 0 atom stereocenters. The van der Waals surface area contributed by atoms with Crippen molar-refractivity contribution < 1.29 is 4.79 Å². The Bertz CT molecular complexity index is 508. The summed E-state index contributed by atoms with van der Waals surface area (Å²) < 4.78 is 0. The van der Waals surface area contributed by atoms with E-state index in [1.54, 1.807) is 0 Å². The van der Waals surface area contributed by atoms with E-state index in [0.29, 0.717) is 6.42 Å². The Hall–Kier alpha value is -1.61. The van der Waals surface area contributed by atoms with Crippen molar-refractivity contribution in [2.24, 2.45) is 0 Å². The molecular formula is C19H28N2O. The van der Waals surface area contributed by atoms with Gasteiger partial charge in [0.25, 0.3) is 0 Å². The number of aryl methyl sites for hydroxylation is 1. The number of hydrogen-bond acceptors (Lipinski definition) is 2. The fraction of sp³-hybridized carbons (Fsp3) is 0.526. The van der Waals surface area contributed by atoms with Crippen molar-refractivity contribution in [1.29, 1.82) is 0 Å². The maximum absolute atomic E-state index is 11.8. The van der Waals surface area contributed by atoms with E-state index in [0.717, 1.165) is 26.1 Å². The third-order valence-corrected chi connectivity index (χ3v) is 4.26. The molecule has 0 bridgehead atoms. The Balaban J connectivity index is 1.54. The molecule has 120 valence electrons. The van der Waals surface area contributed by atoms with E-state index in [2.05, 4.69) is 41.8 Å². The second kappa shape index (κ2) is 9.42. The fourth-order valence-corrected chi connectivity index (χ4v) is 2.82. The number of allylic oxidation sites excluding steroid dienone is 1. The molecule has 0 unspecified atom stereocenters. The van der Waals surface area contributed by atoms with E-state index in [-0.39, 0.29) is 5.91 Å². The van der Waals surface area contributed by atoms with Gasteiger partial charge in [-0.1, -0.05) is 35.9 Å². The zero-order valence-electron chi connectivity index (χ0n) is 13.7. The first-order valence-corrected chi connectivity index (χ1v) is 8.45. The van der Waals surface area contributed by atoms with Gasteiger partial charge in [0.2, 0.25) is 5.91 Å². The predicted molar refractivity (Wildman–Crippen MR) is 91.7 cm³/mol. The van der Waals surface area contributed by atoms with Crippen molar-refractivity contribution in [3.8, 4) is 0 Å². The number of rotatable bonds is 8. The molecule has 3 nitrogen and oxygen atoms in total. The highest BCUT2D eigenvalue weighted by Crippen LogP contribution is 2.19. The molecule has 0 radical (unpaired) electrons. The van der Waals surface area contributed by atoms with Gasteiger partial charge in [-0.3, -0.25) is 4.79 Å². The standard InChI is InChI=1S/C19H28N2O/c1-16-7-5-6-10-18(16)15-20-13-12-19(22)21-14-11-17-8-3-2-4-9-17/h5-8,10,20H,2-4,9,11-15H2,1H3,(H,21,22). The summed E-state index contributed by atoms with van der Waals surface area (Å²) in [5.74, 6) is 0.147. The van der Waals surface area contributed by atoms with E-state index in [1.165, 1.54) is 42.4 Å². The number of carbonyl (C=O) groups excluding carboxylic acids is 1. The lowest BCUT2D eigenvalue weighted by Crippen LogP contribution is -2.28. The van der Waals surface area contributed by atoms with Crippen LogP contribution in [0.4, 0.5) is 0 Å². The fourth-order valence-electron chi connectivity index (χ4n) is 2.82. The maximum atomic E-state index is 11.8. The first-order valence-electron chi connectivity index (χ1n) is 8.45. The number of amides is 1. The molecule has 1 aromatic rings. The zero-order valence-corrected chi connectivity index (χ0v) is 13.7. The third-order valence-electron chi connectivity index (χ3n) is 4.26. The third kappa shape index (κ3) is 6.02. The molecule has 1 aromatic carbocycles. The molecule has 0 heterocycles. The molecule has 3 heteroatoms. The van der Waals surface area contributed by atoms with Gasteiger partial charge in [0.05, 0.1) is 0 Å². The van der Waals surface area contributed by atoms with Crippen LogP contribution in [-0.2, 0) is 11.3 Å². The SMILES string of the molecule is Cc1ccccc1CNCCC(=O)NCCC1=CCCCC1.